The largest absolute Gasteiger partial charge is 0.488 e. The molecule has 1 rings (SSSR count). The van der Waals surface area contributed by atoms with Gasteiger partial charge in [0.15, 0.2) is 0 Å². The first-order valence-electron chi connectivity index (χ1n) is 5.60. The predicted molar refractivity (Wildman–Crippen MR) is 67.2 cm³/mol. The summed E-state index contributed by atoms with van der Waals surface area (Å²) in [6.45, 7) is 5.40. The Morgan fingerprint density at radius 2 is 1.94 bits per heavy atom. The summed E-state index contributed by atoms with van der Waals surface area (Å²) in [6, 6.07) is 7.16. The molecule has 0 saturated heterocycles. The average Bonchev–Trinajstić information content (AvgIpc) is 2.19. The highest BCUT2D eigenvalue weighted by Crippen LogP contribution is 2.22. The molecule has 1 aromatic rings. The zero-order valence-corrected chi connectivity index (χ0v) is 10.5. The molecule has 0 aromatic heterocycles. The zero-order chi connectivity index (χ0) is 12.9. The van der Waals surface area contributed by atoms with Gasteiger partial charge in [-0.15, -0.1) is 0 Å². The van der Waals surface area contributed by atoms with Gasteiger partial charge in [0.25, 0.3) is 0 Å². The second-order valence-electron chi connectivity index (χ2n) is 4.54. The molecule has 17 heavy (non-hydrogen) atoms. The van der Waals surface area contributed by atoms with Crippen LogP contribution in [0.15, 0.2) is 24.3 Å². The van der Waals surface area contributed by atoms with Crippen LogP contribution in [0.25, 0.3) is 0 Å². The molecule has 1 aromatic carbocycles. The average molecular weight is 237 g/mol. The number of amides is 1. The molecule has 1 amide bonds. The van der Waals surface area contributed by atoms with E-state index < -0.39 is 5.60 Å². The molecule has 0 fully saturated rings. The van der Waals surface area contributed by atoms with Crippen LogP contribution >= 0.6 is 0 Å². The fraction of sp³-hybridized carbons (Fsp3) is 0.462. The van der Waals surface area contributed by atoms with Crippen LogP contribution in [0, 0.1) is 0 Å². The number of rotatable bonds is 5. The highest BCUT2D eigenvalue weighted by atomic mass is 16.5. The van der Waals surface area contributed by atoms with E-state index in [1.54, 1.807) is 24.3 Å². The van der Waals surface area contributed by atoms with E-state index in [-0.39, 0.29) is 12.5 Å². The summed E-state index contributed by atoms with van der Waals surface area (Å²) in [7, 11) is 0. The first-order chi connectivity index (χ1) is 7.93. The second kappa shape index (κ2) is 5.68. The minimum absolute atomic E-state index is 0.0942. The lowest BCUT2D eigenvalue weighted by Crippen LogP contribution is -2.29. The molecule has 0 heterocycles. The van der Waals surface area contributed by atoms with E-state index in [4.69, 9.17) is 9.84 Å². The van der Waals surface area contributed by atoms with Crippen molar-refractivity contribution in [3.63, 3.8) is 0 Å². The number of hydrogen-bond donors (Lipinski definition) is 2. The fourth-order valence-corrected chi connectivity index (χ4v) is 1.45. The third kappa shape index (κ3) is 4.87. The summed E-state index contributed by atoms with van der Waals surface area (Å²) in [5, 5.41) is 11.6. The van der Waals surface area contributed by atoms with Crippen molar-refractivity contribution >= 4 is 11.6 Å². The maximum Gasteiger partial charge on any atom is 0.221 e. The van der Waals surface area contributed by atoms with Crippen LogP contribution in [0.3, 0.4) is 0 Å². The van der Waals surface area contributed by atoms with E-state index >= 15 is 0 Å². The Bertz CT molecular complexity index is 371. The molecule has 4 nitrogen and oxygen atoms in total. The molecule has 0 aliphatic carbocycles. The van der Waals surface area contributed by atoms with Crippen LogP contribution in [-0.4, -0.2) is 23.2 Å². The van der Waals surface area contributed by atoms with Crippen molar-refractivity contribution in [1.29, 1.82) is 0 Å². The van der Waals surface area contributed by atoms with Crippen LogP contribution in [0.4, 0.5) is 5.69 Å². The summed E-state index contributed by atoms with van der Waals surface area (Å²) in [4.78, 5) is 10.8. The minimum atomic E-state index is -0.399. The lowest BCUT2D eigenvalue weighted by molar-refractivity contribution is -0.114. The number of ether oxygens (including phenoxy) is 1. The van der Waals surface area contributed by atoms with Gasteiger partial charge in [-0.1, -0.05) is 0 Å². The highest BCUT2D eigenvalue weighted by Gasteiger charge is 2.18. The fourth-order valence-electron chi connectivity index (χ4n) is 1.45. The van der Waals surface area contributed by atoms with E-state index in [9.17, 15) is 4.79 Å². The van der Waals surface area contributed by atoms with E-state index in [2.05, 4.69) is 5.32 Å². The summed E-state index contributed by atoms with van der Waals surface area (Å²) >= 11 is 0. The number of benzene rings is 1. The lowest BCUT2D eigenvalue weighted by atomic mass is 10.1. The van der Waals surface area contributed by atoms with E-state index in [1.807, 2.05) is 13.8 Å². The first-order valence-corrected chi connectivity index (χ1v) is 5.60. The molecular weight excluding hydrogens is 218 g/mol. The maximum absolute atomic E-state index is 10.8. The molecule has 0 bridgehead atoms. The van der Waals surface area contributed by atoms with Gasteiger partial charge in [-0.3, -0.25) is 4.79 Å². The number of anilines is 1. The smallest absolute Gasteiger partial charge is 0.221 e. The summed E-state index contributed by atoms with van der Waals surface area (Å²) in [5.74, 6) is 0.622. The van der Waals surface area contributed by atoms with Gasteiger partial charge in [0.1, 0.15) is 11.4 Å². The molecule has 2 N–H and O–H groups in total. The minimum Gasteiger partial charge on any atom is -0.488 e. The summed E-state index contributed by atoms with van der Waals surface area (Å²) in [6.07, 6.45) is 0.570. The zero-order valence-electron chi connectivity index (χ0n) is 10.5. The number of hydrogen-bond acceptors (Lipinski definition) is 3. The molecular formula is C13H19NO3. The lowest BCUT2D eigenvalue weighted by Gasteiger charge is -2.25. The molecule has 0 spiro atoms. The standard InChI is InChI=1S/C13H19NO3/c1-10(16)14-11-4-6-12(7-5-11)17-13(2,3)8-9-15/h4-7,15H,8-9H2,1-3H3,(H,14,16). The van der Waals surface area contributed by atoms with Crippen LogP contribution in [0.2, 0.25) is 0 Å². The summed E-state index contributed by atoms with van der Waals surface area (Å²) in [5.41, 5.74) is 0.342. The Morgan fingerprint density at radius 3 is 2.41 bits per heavy atom. The summed E-state index contributed by atoms with van der Waals surface area (Å²) < 4.78 is 5.73. The molecule has 0 atom stereocenters. The third-order valence-corrected chi connectivity index (χ3v) is 2.28. The van der Waals surface area contributed by atoms with Crippen molar-refractivity contribution in [2.24, 2.45) is 0 Å². The van der Waals surface area contributed by atoms with Crippen LogP contribution in [0.5, 0.6) is 5.75 Å². The van der Waals surface area contributed by atoms with Crippen molar-refractivity contribution < 1.29 is 14.6 Å². The van der Waals surface area contributed by atoms with Crippen molar-refractivity contribution in [2.45, 2.75) is 32.8 Å². The first kappa shape index (κ1) is 13.5. The van der Waals surface area contributed by atoms with Gasteiger partial charge in [0.05, 0.1) is 0 Å². The number of carbonyl (C=O) groups excluding carboxylic acids is 1. The molecule has 0 unspecified atom stereocenters. The van der Waals surface area contributed by atoms with E-state index in [0.29, 0.717) is 6.42 Å². The normalized spacial score (nSPS) is 11.1. The van der Waals surface area contributed by atoms with Crippen LogP contribution in [-0.2, 0) is 4.79 Å². The maximum atomic E-state index is 10.8. The highest BCUT2D eigenvalue weighted by molar-refractivity contribution is 5.88. The SMILES string of the molecule is CC(=O)Nc1ccc(OC(C)(C)CCO)cc1. The van der Waals surface area contributed by atoms with Gasteiger partial charge >= 0.3 is 0 Å². The molecule has 4 heteroatoms. The number of nitrogens with one attached hydrogen (secondary N) is 1. The van der Waals surface area contributed by atoms with Gasteiger partial charge in [-0.25, -0.2) is 0 Å². The van der Waals surface area contributed by atoms with Crippen LogP contribution < -0.4 is 10.1 Å². The van der Waals surface area contributed by atoms with Crippen molar-refractivity contribution in [3.05, 3.63) is 24.3 Å². The van der Waals surface area contributed by atoms with Gasteiger partial charge in [-0.05, 0) is 38.1 Å². The Kier molecular flexibility index (Phi) is 4.52. The Balaban J connectivity index is 2.65. The van der Waals surface area contributed by atoms with Crippen molar-refractivity contribution in [1.82, 2.24) is 0 Å². The molecule has 0 aliphatic rings. The predicted octanol–water partition coefficient (Wildman–Crippen LogP) is 2.18. The van der Waals surface area contributed by atoms with Gasteiger partial charge in [0.2, 0.25) is 5.91 Å². The van der Waals surface area contributed by atoms with E-state index in [0.717, 1.165) is 11.4 Å². The molecule has 0 saturated carbocycles. The van der Waals surface area contributed by atoms with Gasteiger partial charge in [0, 0.05) is 25.6 Å². The monoisotopic (exact) mass is 237 g/mol. The third-order valence-electron chi connectivity index (χ3n) is 2.28. The van der Waals surface area contributed by atoms with Crippen LogP contribution in [0.1, 0.15) is 27.2 Å². The number of carbonyl (C=O) groups is 1. The van der Waals surface area contributed by atoms with Crippen molar-refractivity contribution in [2.75, 3.05) is 11.9 Å². The number of aliphatic hydroxyl groups excluding tert-OH is 1. The number of aliphatic hydroxyl groups is 1. The molecule has 0 radical (unpaired) electrons. The van der Waals surface area contributed by atoms with E-state index in [1.165, 1.54) is 6.92 Å². The second-order valence-corrected chi connectivity index (χ2v) is 4.54. The quantitative estimate of drug-likeness (QED) is 0.825. The van der Waals surface area contributed by atoms with Gasteiger partial charge in [-0.2, -0.15) is 0 Å². The molecule has 94 valence electrons. The Hall–Kier alpha value is -1.55. The molecule has 0 aliphatic heterocycles. The Morgan fingerprint density at radius 1 is 1.35 bits per heavy atom. The van der Waals surface area contributed by atoms with Gasteiger partial charge < -0.3 is 15.2 Å². The van der Waals surface area contributed by atoms with Crippen molar-refractivity contribution in [3.8, 4) is 5.75 Å². The Labute approximate surface area is 102 Å². The topological polar surface area (TPSA) is 58.6 Å².